The largest absolute Gasteiger partial charge is 0.391 e. The lowest BCUT2D eigenvalue weighted by Gasteiger charge is -2.20. The first-order valence-electron chi connectivity index (χ1n) is 6.80. The van der Waals surface area contributed by atoms with Gasteiger partial charge in [0, 0.05) is 24.4 Å². The number of rotatable bonds is 7. The number of thioether (sulfide) groups is 1. The van der Waals surface area contributed by atoms with Gasteiger partial charge in [-0.25, -0.2) is 0 Å². The molecule has 0 spiro atoms. The van der Waals surface area contributed by atoms with Crippen LogP contribution >= 0.6 is 23.4 Å². The summed E-state index contributed by atoms with van der Waals surface area (Å²) in [6.45, 7) is 0.446. The Morgan fingerprint density at radius 3 is 2.95 bits per heavy atom. The Bertz CT molecular complexity index is 465. The minimum absolute atomic E-state index is 0.0664. The van der Waals surface area contributed by atoms with Gasteiger partial charge in [-0.05, 0) is 36.5 Å². The molecule has 3 nitrogen and oxygen atoms in total. The molecule has 1 N–H and O–H groups in total. The van der Waals surface area contributed by atoms with Crippen LogP contribution in [-0.4, -0.2) is 41.4 Å². The van der Waals surface area contributed by atoms with E-state index in [-0.39, 0.29) is 12.0 Å². The molecule has 0 radical (unpaired) electrons. The summed E-state index contributed by atoms with van der Waals surface area (Å²) < 4.78 is 0. The summed E-state index contributed by atoms with van der Waals surface area (Å²) in [5.74, 6) is 1.67. The second-order valence-corrected chi connectivity index (χ2v) is 6.72. The van der Waals surface area contributed by atoms with Crippen LogP contribution < -0.4 is 0 Å². The molecule has 5 heteroatoms. The van der Waals surface area contributed by atoms with Crippen LogP contribution in [-0.2, 0) is 10.5 Å². The lowest BCUT2D eigenvalue weighted by atomic mass is 10.2. The van der Waals surface area contributed by atoms with Gasteiger partial charge in [-0.3, -0.25) is 4.79 Å². The van der Waals surface area contributed by atoms with Crippen molar-refractivity contribution in [1.29, 1.82) is 0 Å². The Hall–Kier alpha value is -0.710. The first kappa shape index (κ1) is 15.7. The molecule has 1 aliphatic carbocycles. The Morgan fingerprint density at radius 2 is 2.30 bits per heavy atom. The summed E-state index contributed by atoms with van der Waals surface area (Å²) in [5.41, 5.74) is 1.12. The van der Waals surface area contributed by atoms with Crippen LogP contribution in [0.15, 0.2) is 24.3 Å². The maximum atomic E-state index is 11.9. The summed E-state index contributed by atoms with van der Waals surface area (Å²) >= 11 is 7.49. The van der Waals surface area contributed by atoms with E-state index in [1.165, 1.54) is 0 Å². The van der Waals surface area contributed by atoms with Crippen LogP contribution in [0.2, 0.25) is 5.02 Å². The van der Waals surface area contributed by atoms with Crippen molar-refractivity contribution in [2.45, 2.75) is 24.7 Å². The number of halogens is 1. The number of hydrogen-bond donors (Lipinski definition) is 1. The zero-order chi connectivity index (χ0) is 14.5. The van der Waals surface area contributed by atoms with Gasteiger partial charge in [0.25, 0.3) is 0 Å². The molecule has 110 valence electrons. The molecule has 1 aromatic carbocycles. The molecular formula is C15H20ClNO2S. The zero-order valence-corrected chi connectivity index (χ0v) is 13.2. The molecule has 0 saturated heterocycles. The Balaban J connectivity index is 1.68. The predicted molar refractivity (Wildman–Crippen MR) is 84.0 cm³/mol. The maximum Gasteiger partial charge on any atom is 0.232 e. The summed E-state index contributed by atoms with van der Waals surface area (Å²) in [4.78, 5) is 13.6. The van der Waals surface area contributed by atoms with E-state index in [4.69, 9.17) is 11.6 Å². The van der Waals surface area contributed by atoms with E-state index in [1.54, 1.807) is 23.7 Å². The molecule has 2 rings (SSSR count). The van der Waals surface area contributed by atoms with Gasteiger partial charge in [0.05, 0.1) is 11.9 Å². The Kier molecular flexibility index (Phi) is 5.75. The van der Waals surface area contributed by atoms with Gasteiger partial charge in [-0.1, -0.05) is 23.7 Å². The van der Waals surface area contributed by atoms with E-state index in [0.717, 1.165) is 29.2 Å². The molecule has 20 heavy (non-hydrogen) atoms. The molecule has 1 aliphatic rings. The van der Waals surface area contributed by atoms with Gasteiger partial charge in [0.2, 0.25) is 5.91 Å². The standard InChI is InChI=1S/C15H20ClNO2S/c1-17(8-14(18)12-5-6-12)15(19)10-20-9-11-3-2-4-13(16)7-11/h2-4,7,12,14,18H,5-6,8-10H2,1H3. The van der Waals surface area contributed by atoms with Crippen molar-refractivity contribution in [3.05, 3.63) is 34.9 Å². The van der Waals surface area contributed by atoms with Crippen LogP contribution in [0.4, 0.5) is 0 Å². The highest BCUT2D eigenvalue weighted by Crippen LogP contribution is 2.32. The molecule has 1 amide bonds. The highest BCUT2D eigenvalue weighted by Gasteiger charge is 2.30. The minimum Gasteiger partial charge on any atom is -0.391 e. The molecule has 0 aromatic heterocycles. The van der Waals surface area contributed by atoms with Crippen molar-refractivity contribution in [1.82, 2.24) is 4.90 Å². The van der Waals surface area contributed by atoms with Gasteiger partial charge in [0.1, 0.15) is 0 Å². The summed E-state index contributed by atoms with van der Waals surface area (Å²) in [6, 6.07) is 7.68. The fraction of sp³-hybridized carbons (Fsp3) is 0.533. The van der Waals surface area contributed by atoms with Crippen molar-refractivity contribution in [2.75, 3.05) is 19.3 Å². The molecule has 0 bridgehead atoms. The van der Waals surface area contributed by atoms with E-state index in [1.807, 2.05) is 24.3 Å². The third-order valence-corrected chi connectivity index (χ3v) is 4.66. The average molecular weight is 314 g/mol. The number of carbonyl (C=O) groups excluding carboxylic acids is 1. The fourth-order valence-corrected chi connectivity index (χ4v) is 3.13. The maximum absolute atomic E-state index is 11.9. The topological polar surface area (TPSA) is 40.5 Å². The van der Waals surface area contributed by atoms with E-state index in [9.17, 15) is 9.90 Å². The second kappa shape index (κ2) is 7.34. The van der Waals surface area contributed by atoms with E-state index in [0.29, 0.717) is 18.2 Å². The summed E-state index contributed by atoms with van der Waals surface area (Å²) in [6.07, 6.45) is 1.82. The van der Waals surface area contributed by atoms with Crippen molar-refractivity contribution in [3.63, 3.8) is 0 Å². The van der Waals surface area contributed by atoms with Crippen LogP contribution in [0.5, 0.6) is 0 Å². The van der Waals surface area contributed by atoms with E-state index < -0.39 is 0 Å². The molecule has 1 fully saturated rings. The van der Waals surface area contributed by atoms with Crippen molar-refractivity contribution < 1.29 is 9.90 Å². The molecular weight excluding hydrogens is 294 g/mol. The van der Waals surface area contributed by atoms with Gasteiger partial charge in [-0.15, -0.1) is 11.8 Å². The van der Waals surface area contributed by atoms with Gasteiger partial charge < -0.3 is 10.0 Å². The first-order chi connectivity index (χ1) is 9.56. The molecule has 1 atom stereocenters. The third-order valence-electron chi connectivity index (χ3n) is 3.44. The number of benzene rings is 1. The molecule has 1 saturated carbocycles. The van der Waals surface area contributed by atoms with Crippen molar-refractivity contribution in [2.24, 2.45) is 5.92 Å². The number of aliphatic hydroxyl groups is 1. The van der Waals surface area contributed by atoms with Gasteiger partial charge >= 0.3 is 0 Å². The van der Waals surface area contributed by atoms with Crippen LogP contribution in [0.3, 0.4) is 0 Å². The zero-order valence-electron chi connectivity index (χ0n) is 11.6. The number of nitrogens with zero attached hydrogens (tertiary/aromatic N) is 1. The predicted octanol–water partition coefficient (Wildman–Crippen LogP) is 2.80. The van der Waals surface area contributed by atoms with Crippen LogP contribution in [0.25, 0.3) is 0 Å². The highest BCUT2D eigenvalue weighted by atomic mass is 35.5. The second-order valence-electron chi connectivity index (χ2n) is 5.30. The van der Waals surface area contributed by atoms with Crippen LogP contribution in [0.1, 0.15) is 18.4 Å². The Morgan fingerprint density at radius 1 is 1.55 bits per heavy atom. The molecule has 0 heterocycles. The van der Waals surface area contributed by atoms with Gasteiger partial charge in [0.15, 0.2) is 0 Å². The van der Waals surface area contributed by atoms with E-state index >= 15 is 0 Å². The SMILES string of the molecule is CN(CC(O)C1CC1)C(=O)CSCc1cccc(Cl)c1. The quantitative estimate of drug-likeness (QED) is 0.841. The monoisotopic (exact) mass is 313 g/mol. The van der Waals surface area contributed by atoms with Crippen molar-refractivity contribution in [3.8, 4) is 0 Å². The lowest BCUT2D eigenvalue weighted by molar-refractivity contribution is -0.128. The molecule has 1 unspecified atom stereocenters. The Labute approximate surface area is 129 Å². The average Bonchev–Trinajstić information content (AvgIpc) is 3.22. The number of likely N-dealkylation sites (N-methyl/N-ethyl adjacent to an activating group) is 1. The lowest BCUT2D eigenvalue weighted by Crippen LogP contribution is -2.36. The normalized spacial score (nSPS) is 15.9. The van der Waals surface area contributed by atoms with Crippen LogP contribution in [0, 0.1) is 5.92 Å². The smallest absolute Gasteiger partial charge is 0.232 e. The minimum atomic E-state index is -0.359. The first-order valence-corrected chi connectivity index (χ1v) is 8.33. The van der Waals surface area contributed by atoms with Gasteiger partial charge in [-0.2, -0.15) is 0 Å². The molecule has 1 aromatic rings. The summed E-state index contributed by atoms with van der Waals surface area (Å²) in [7, 11) is 1.76. The number of aliphatic hydroxyl groups excluding tert-OH is 1. The van der Waals surface area contributed by atoms with Crippen molar-refractivity contribution >= 4 is 29.3 Å². The number of carbonyl (C=O) groups is 1. The third kappa shape index (κ3) is 5.00. The fourth-order valence-electron chi connectivity index (χ4n) is 2.01. The molecule has 0 aliphatic heterocycles. The number of amides is 1. The summed E-state index contributed by atoms with van der Waals surface area (Å²) in [5, 5.41) is 10.5. The van der Waals surface area contributed by atoms with E-state index in [2.05, 4.69) is 0 Å². The number of hydrogen-bond acceptors (Lipinski definition) is 3. The highest BCUT2D eigenvalue weighted by molar-refractivity contribution is 7.99.